The van der Waals surface area contributed by atoms with Crippen LogP contribution < -0.4 is 11.1 Å². The third kappa shape index (κ3) is 2.15. The summed E-state index contributed by atoms with van der Waals surface area (Å²) in [5.41, 5.74) is 6.22. The lowest BCUT2D eigenvalue weighted by atomic mass is 10.0. The lowest BCUT2D eigenvalue weighted by Gasteiger charge is -2.34. The Morgan fingerprint density at radius 3 is 2.94 bits per heavy atom. The number of nitrogen functional groups attached to an aromatic ring is 1. The van der Waals surface area contributed by atoms with Crippen molar-refractivity contribution in [2.45, 2.75) is 25.3 Å². The van der Waals surface area contributed by atoms with Gasteiger partial charge in [0.25, 0.3) is 5.91 Å². The maximum atomic E-state index is 12.3. The first-order valence-electron chi connectivity index (χ1n) is 5.96. The standard InChI is InChI=1S/C11H17N5O2/c1-13-10(17)8-4-2-3-5-16(8)11(18)9-7(12)6-14-15-9/h6,8H,2-5,12H2,1H3,(H,13,17)(H,14,15). The number of nitrogens with two attached hydrogens (primary N) is 1. The van der Waals surface area contributed by atoms with Crippen molar-refractivity contribution in [1.29, 1.82) is 0 Å². The van der Waals surface area contributed by atoms with Crippen molar-refractivity contribution in [2.75, 3.05) is 19.3 Å². The van der Waals surface area contributed by atoms with Crippen molar-refractivity contribution in [2.24, 2.45) is 0 Å². The predicted octanol–water partition coefficient (Wildman–Crippen LogP) is -0.267. The van der Waals surface area contributed by atoms with Gasteiger partial charge in [-0.05, 0) is 19.3 Å². The van der Waals surface area contributed by atoms with Gasteiger partial charge in [-0.2, -0.15) is 5.10 Å². The molecule has 98 valence electrons. The molecule has 4 N–H and O–H groups in total. The molecule has 1 aliphatic rings. The highest BCUT2D eigenvalue weighted by Crippen LogP contribution is 2.21. The van der Waals surface area contributed by atoms with Crippen molar-refractivity contribution in [3.05, 3.63) is 11.9 Å². The minimum atomic E-state index is -0.418. The molecule has 1 aliphatic heterocycles. The van der Waals surface area contributed by atoms with E-state index in [4.69, 9.17) is 5.73 Å². The van der Waals surface area contributed by atoms with Crippen molar-refractivity contribution < 1.29 is 9.59 Å². The van der Waals surface area contributed by atoms with Crippen LogP contribution in [0.25, 0.3) is 0 Å². The Morgan fingerprint density at radius 1 is 1.56 bits per heavy atom. The molecule has 2 rings (SSSR count). The highest BCUT2D eigenvalue weighted by Gasteiger charge is 2.33. The SMILES string of the molecule is CNC(=O)C1CCCCN1C(=O)c1[nH]ncc1N. The molecule has 0 bridgehead atoms. The average Bonchev–Trinajstić information content (AvgIpc) is 2.83. The number of carbonyl (C=O) groups excluding carboxylic acids is 2. The molecule has 1 aromatic heterocycles. The summed E-state index contributed by atoms with van der Waals surface area (Å²) in [6.07, 6.45) is 3.92. The molecular weight excluding hydrogens is 234 g/mol. The molecule has 1 saturated heterocycles. The summed E-state index contributed by atoms with van der Waals surface area (Å²) >= 11 is 0. The molecule has 0 aliphatic carbocycles. The summed E-state index contributed by atoms with van der Waals surface area (Å²) in [6, 6.07) is -0.418. The van der Waals surface area contributed by atoms with Crippen molar-refractivity contribution >= 4 is 17.5 Å². The molecule has 18 heavy (non-hydrogen) atoms. The van der Waals surface area contributed by atoms with Crippen LogP contribution >= 0.6 is 0 Å². The molecule has 2 amide bonds. The highest BCUT2D eigenvalue weighted by molar-refractivity contribution is 5.99. The molecule has 0 spiro atoms. The summed E-state index contributed by atoms with van der Waals surface area (Å²) in [4.78, 5) is 25.6. The molecule has 0 aromatic carbocycles. The van der Waals surface area contributed by atoms with E-state index in [-0.39, 0.29) is 17.5 Å². The van der Waals surface area contributed by atoms with Gasteiger partial charge in [0, 0.05) is 13.6 Å². The number of aromatic nitrogens is 2. The first-order chi connectivity index (χ1) is 8.65. The highest BCUT2D eigenvalue weighted by atomic mass is 16.2. The van der Waals surface area contributed by atoms with E-state index in [1.807, 2.05) is 0 Å². The Kier molecular flexibility index (Phi) is 3.50. The summed E-state index contributed by atoms with van der Waals surface area (Å²) in [5.74, 6) is -0.403. The Bertz CT molecular complexity index is 456. The number of H-pyrrole nitrogens is 1. The van der Waals surface area contributed by atoms with Gasteiger partial charge in [-0.3, -0.25) is 14.7 Å². The number of carbonyl (C=O) groups is 2. The third-order valence-corrected chi connectivity index (χ3v) is 3.20. The van der Waals surface area contributed by atoms with E-state index in [9.17, 15) is 9.59 Å². The lowest BCUT2D eigenvalue weighted by molar-refractivity contribution is -0.126. The van der Waals surface area contributed by atoms with Gasteiger partial charge < -0.3 is 16.0 Å². The Hall–Kier alpha value is -2.05. The van der Waals surface area contributed by atoms with E-state index in [0.29, 0.717) is 18.7 Å². The zero-order chi connectivity index (χ0) is 13.1. The predicted molar refractivity (Wildman–Crippen MR) is 65.7 cm³/mol. The molecule has 1 atom stereocenters. The summed E-state index contributed by atoms with van der Waals surface area (Å²) in [5, 5.41) is 8.90. The fourth-order valence-electron chi connectivity index (χ4n) is 2.22. The first kappa shape index (κ1) is 12.4. The number of nitrogens with zero attached hydrogens (tertiary/aromatic N) is 2. The molecule has 1 unspecified atom stereocenters. The third-order valence-electron chi connectivity index (χ3n) is 3.20. The fraction of sp³-hybridized carbons (Fsp3) is 0.545. The van der Waals surface area contributed by atoms with Gasteiger partial charge in [-0.25, -0.2) is 0 Å². The topological polar surface area (TPSA) is 104 Å². The molecule has 1 fully saturated rings. The van der Waals surface area contributed by atoms with Gasteiger partial charge in [-0.15, -0.1) is 0 Å². The van der Waals surface area contributed by atoms with Crippen LogP contribution in [0.5, 0.6) is 0 Å². The van der Waals surface area contributed by atoms with Crippen molar-refractivity contribution in [3.63, 3.8) is 0 Å². The van der Waals surface area contributed by atoms with Gasteiger partial charge >= 0.3 is 0 Å². The number of likely N-dealkylation sites (tertiary alicyclic amines) is 1. The minimum absolute atomic E-state index is 0.138. The van der Waals surface area contributed by atoms with E-state index in [1.54, 1.807) is 11.9 Å². The van der Waals surface area contributed by atoms with Crippen LogP contribution in [0.2, 0.25) is 0 Å². The van der Waals surface area contributed by atoms with Crippen LogP contribution in [-0.4, -0.2) is 46.5 Å². The zero-order valence-electron chi connectivity index (χ0n) is 10.3. The molecule has 2 heterocycles. The van der Waals surface area contributed by atoms with Crippen LogP contribution in [0.1, 0.15) is 29.8 Å². The van der Waals surface area contributed by atoms with Crippen LogP contribution in [0.3, 0.4) is 0 Å². The largest absolute Gasteiger partial charge is 0.396 e. The molecule has 0 saturated carbocycles. The number of amides is 2. The monoisotopic (exact) mass is 251 g/mol. The van der Waals surface area contributed by atoms with Gasteiger partial charge in [0.2, 0.25) is 5.91 Å². The van der Waals surface area contributed by atoms with Gasteiger partial charge in [-0.1, -0.05) is 0 Å². The van der Waals surface area contributed by atoms with Crippen LogP contribution in [0.15, 0.2) is 6.20 Å². The van der Waals surface area contributed by atoms with E-state index >= 15 is 0 Å². The Balaban J connectivity index is 2.21. The molecule has 7 heteroatoms. The van der Waals surface area contributed by atoms with Gasteiger partial charge in [0.1, 0.15) is 11.7 Å². The summed E-state index contributed by atoms with van der Waals surface area (Å²) in [6.45, 7) is 0.565. The maximum Gasteiger partial charge on any atom is 0.274 e. The second kappa shape index (κ2) is 5.07. The first-order valence-corrected chi connectivity index (χ1v) is 5.96. The van der Waals surface area contributed by atoms with E-state index in [0.717, 1.165) is 12.8 Å². The minimum Gasteiger partial charge on any atom is -0.396 e. The Labute approximate surface area is 105 Å². The lowest BCUT2D eigenvalue weighted by Crippen LogP contribution is -2.51. The molecule has 7 nitrogen and oxygen atoms in total. The van der Waals surface area contributed by atoms with E-state index in [2.05, 4.69) is 15.5 Å². The number of hydrogen-bond acceptors (Lipinski definition) is 4. The van der Waals surface area contributed by atoms with E-state index < -0.39 is 6.04 Å². The molecule has 0 radical (unpaired) electrons. The molecular formula is C11H17N5O2. The second-order valence-corrected chi connectivity index (χ2v) is 4.32. The van der Waals surface area contributed by atoms with Crippen LogP contribution in [-0.2, 0) is 4.79 Å². The van der Waals surface area contributed by atoms with Gasteiger partial charge in [0.15, 0.2) is 0 Å². The number of rotatable bonds is 2. The fourth-order valence-corrected chi connectivity index (χ4v) is 2.22. The smallest absolute Gasteiger partial charge is 0.274 e. The van der Waals surface area contributed by atoms with Crippen molar-refractivity contribution in [3.8, 4) is 0 Å². The number of nitrogens with one attached hydrogen (secondary N) is 2. The second-order valence-electron chi connectivity index (χ2n) is 4.32. The average molecular weight is 251 g/mol. The molecule has 1 aromatic rings. The van der Waals surface area contributed by atoms with Gasteiger partial charge in [0.05, 0.1) is 11.9 Å². The zero-order valence-corrected chi connectivity index (χ0v) is 10.3. The summed E-state index contributed by atoms with van der Waals surface area (Å²) < 4.78 is 0. The number of anilines is 1. The normalized spacial score (nSPS) is 19.6. The van der Waals surface area contributed by atoms with Crippen molar-refractivity contribution in [1.82, 2.24) is 20.4 Å². The number of aromatic amines is 1. The van der Waals surface area contributed by atoms with Crippen LogP contribution in [0, 0.1) is 0 Å². The Morgan fingerprint density at radius 2 is 2.33 bits per heavy atom. The number of piperidine rings is 1. The number of likely N-dealkylation sites (N-methyl/N-ethyl adjacent to an activating group) is 1. The van der Waals surface area contributed by atoms with E-state index in [1.165, 1.54) is 6.20 Å². The van der Waals surface area contributed by atoms with Crippen LogP contribution in [0.4, 0.5) is 5.69 Å². The maximum absolute atomic E-state index is 12.3. The number of hydrogen-bond donors (Lipinski definition) is 3. The summed E-state index contributed by atoms with van der Waals surface area (Å²) in [7, 11) is 1.57. The quantitative estimate of drug-likeness (QED) is 0.673.